The number of amides is 1. The zero-order chi connectivity index (χ0) is 16.9. The largest absolute Gasteiger partial charge is 0.494 e. The predicted octanol–water partition coefficient (Wildman–Crippen LogP) is 3.88. The van der Waals surface area contributed by atoms with Crippen LogP contribution in [0.4, 0.5) is 5.69 Å². The van der Waals surface area contributed by atoms with E-state index in [2.05, 4.69) is 16.7 Å². The molecule has 2 aromatic carbocycles. The lowest BCUT2D eigenvalue weighted by Gasteiger charge is -2.28. The van der Waals surface area contributed by atoms with Crippen LogP contribution in [0.15, 0.2) is 42.5 Å². The lowest BCUT2D eigenvalue weighted by Crippen LogP contribution is -2.38. The molecule has 1 amide bonds. The average Bonchev–Trinajstić information content (AvgIpc) is 2.58. The van der Waals surface area contributed by atoms with Crippen molar-refractivity contribution >= 4 is 23.2 Å². The number of nitrogens with zero attached hydrogens (tertiary/aromatic N) is 1. The van der Waals surface area contributed by atoms with Crippen molar-refractivity contribution in [2.45, 2.75) is 19.0 Å². The van der Waals surface area contributed by atoms with Gasteiger partial charge in [-0.05, 0) is 42.3 Å². The Morgan fingerprint density at radius 1 is 1.21 bits per heavy atom. The van der Waals surface area contributed by atoms with Crippen molar-refractivity contribution in [2.24, 2.45) is 0 Å². The van der Waals surface area contributed by atoms with Crippen LogP contribution in [0, 0.1) is 11.3 Å². The Morgan fingerprint density at radius 2 is 2.08 bits per heavy atom. The molecule has 0 bridgehead atoms. The summed E-state index contributed by atoms with van der Waals surface area (Å²) in [6.07, 6.45) is 0.800. The molecule has 1 heterocycles. The van der Waals surface area contributed by atoms with E-state index in [-0.39, 0.29) is 12.1 Å². The van der Waals surface area contributed by atoms with Gasteiger partial charge in [-0.25, -0.2) is 0 Å². The van der Waals surface area contributed by atoms with Crippen molar-refractivity contribution in [3.05, 3.63) is 58.6 Å². The van der Waals surface area contributed by atoms with Gasteiger partial charge in [-0.15, -0.1) is 0 Å². The Morgan fingerprint density at radius 3 is 2.92 bits per heavy atom. The summed E-state index contributed by atoms with van der Waals surface area (Å²) < 4.78 is 5.64. The molecule has 0 radical (unpaired) electrons. The molecular weight excluding hydrogens is 326 g/mol. The maximum Gasteiger partial charge on any atom is 0.255 e. The van der Waals surface area contributed by atoms with Crippen molar-refractivity contribution in [1.29, 1.82) is 5.26 Å². The summed E-state index contributed by atoms with van der Waals surface area (Å²) in [5.74, 6) is 0.559. The molecule has 1 atom stereocenters. The molecule has 0 spiro atoms. The summed E-state index contributed by atoms with van der Waals surface area (Å²) in [4.78, 5) is 12.3. The third-order valence-electron chi connectivity index (χ3n) is 3.69. The highest BCUT2D eigenvalue weighted by molar-refractivity contribution is 6.31. The molecule has 6 heteroatoms. The molecule has 0 aromatic heterocycles. The fourth-order valence-corrected chi connectivity index (χ4v) is 2.70. The fraction of sp³-hybridized carbons (Fsp3) is 0.222. The molecule has 0 saturated heterocycles. The molecule has 1 aliphatic heterocycles. The fourth-order valence-electron chi connectivity index (χ4n) is 2.53. The van der Waals surface area contributed by atoms with Gasteiger partial charge in [0.2, 0.25) is 0 Å². The van der Waals surface area contributed by atoms with Gasteiger partial charge in [0.15, 0.2) is 0 Å². The van der Waals surface area contributed by atoms with E-state index < -0.39 is 0 Å². The van der Waals surface area contributed by atoms with Crippen LogP contribution in [0.5, 0.6) is 5.75 Å². The minimum Gasteiger partial charge on any atom is -0.494 e. The first-order valence-corrected chi connectivity index (χ1v) is 8.02. The van der Waals surface area contributed by atoms with E-state index in [1.165, 1.54) is 0 Å². The van der Waals surface area contributed by atoms with Crippen LogP contribution in [-0.2, 0) is 0 Å². The lowest BCUT2D eigenvalue weighted by molar-refractivity contribution is 0.0935. The number of fused-ring (bicyclic) bond motifs is 1. The lowest BCUT2D eigenvalue weighted by atomic mass is 10.1. The van der Waals surface area contributed by atoms with E-state index in [9.17, 15) is 4.79 Å². The molecule has 0 unspecified atom stereocenters. The maximum atomic E-state index is 12.3. The first-order chi connectivity index (χ1) is 11.7. The number of nitriles is 1. The van der Waals surface area contributed by atoms with Gasteiger partial charge >= 0.3 is 0 Å². The summed E-state index contributed by atoms with van der Waals surface area (Å²) in [7, 11) is 0. The van der Waals surface area contributed by atoms with Crippen LogP contribution >= 0.6 is 11.6 Å². The molecule has 5 nitrogen and oxygen atoms in total. The van der Waals surface area contributed by atoms with Crippen molar-refractivity contribution in [3.8, 4) is 11.8 Å². The van der Waals surface area contributed by atoms with Crippen molar-refractivity contribution < 1.29 is 9.53 Å². The number of benzene rings is 2. The average molecular weight is 342 g/mol. The van der Waals surface area contributed by atoms with E-state index in [1.54, 1.807) is 18.2 Å². The molecule has 0 saturated carbocycles. The number of ether oxygens (including phenoxy) is 1. The zero-order valence-corrected chi connectivity index (χ0v) is 13.6. The summed E-state index contributed by atoms with van der Waals surface area (Å²) in [5.41, 5.74) is 2.16. The van der Waals surface area contributed by atoms with E-state index in [1.807, 2.05) is 24.3 Å². The van der Waals surface area contributed by atoms with E-state index in [0.29, 0.717) is 41.5 Å². The minimum absolute atomic E-state index is 0.147. The highest BCUT2D eigenvalue weighted by Gasteiger charge is 2.24. The van der Waals surface area contributed by atoms with E-state index in [4.69, 9.17) is 21.6 Å². The molecule has 2 aromatic rings. The number of unbranched alkanes of at least 4 members (excludes halogenated alkanes) is 1. The molecule has 2 N–H and O–H groups in total. The van der Waals surface area contributed by atoms with Gasteiger partial charge in [0.05, 0.1) is 23.9 Å². The third kappa shape index (κ3) is 3.61. The standard InChI is InChI=1S/C18H16ClN3O2/c19-13-6-7-15-16(11-13)21-17(22-18(15)23)12-4-3-5-14(10-12)24-9-2-1-8-20/h3-7,10-11,17,21H,1-2,9H2,(H,22,23)/t17-/m1/s1. The molecule has 24 heavy (non-hydrogen) atoms. The highest BCUT2D eigenvalue weighted by atomic mass is 35.5. The quantitative estimate of drug-likeness (QED) is 0.809. The Balaban J connectivity index is 1.75. The molecule has 1 aliphatic rings. The topological polar surface area (TPSA) is 74.1 Å². The van der Waals surface area contributed by atoms with Crippen LogP contribution in [-0.4, -0.2) is 12.5 Å². The normalized spacial score (nSPS) is 15.7. The van der Waals surface area contributed by atoms with Crippen LogP contribution in [0.3, 0.4) is 0 Å². The zero-order valence-electron chi connectivity index (χ0n) is 12.9. The van der Waals surface area contributed by atoms with Gasteiger partial charge < -0.3 is 15.4 Å². The van der Waals surface area contributed by atoms with E-state index in [0.717, 1.165) is 5.56 Å². The molecular formula is C18H16ClN3O2. The number of rotatable bonds is 5. The number of carbonyl (C=O) groups excluding carboxylic acids is 1. The maximum absolute atomic E-state index is 12.3. The Hall–Kier alpha value is -2.71. The molecule has 0 aliphatic carbocycles. The summed E-state index contributed by atoms with van der Waals surface area (Å²) in [5, 5.41) is 15.3. The van der Waals surface area contributed by atoms with Gasteiger partial charge in [-0.2, -0.15) is 5.26 Å². The summed E-state index contributed by atoms with van der Waals surface area (Å²) in [6, 6.07) is 14.7. The van der Waals surface area contributed by atoms with Gasteiger partial charge in [0, 0.05) is 11.4 Å². The van der Waals surface area contributed by atoms with Gasteiger partial charge in [-0.3, -0.25) is 4.79 Å². The number of halogens is 1. The second-order valence-electron chi connectivity index (χ2n) is 5.42. The number of hydrogen-bond acceptors (Lipinski definition) is 4. The molecule has 0 fully saturated rings. The number of hydrogen-bond donors (Lipinski definition) is 2. The van der Waals surface area contributed by atoms with Crippen LogP contribution in [0.25, 0.3) is 0 Å². The van der Waals surface area contributed by atoms with E-state index >= 15 is 0 Å². The van der Waals surface area contributed by atoms with Crippen LogP contribution in [0.2, 0.25) is 5.02 Å². The van der Waals surface area contributed by atoms with Crippen LogP contribution < -0.4 is 15.4 Å². The second kappa shape index (κ2) is 7.24. The Kier molecular flexibility index (Phi) is 4.88. The van der Waals surface area contributed by atoms with Crippen molar-refractivity contribution in [1.82, 2.24) is 5.32 Å². The summed E-state index contributed by atoms with van der Waals surface area (Å²) >= 11 is 6.01. The Bertz CT molecular complexity index is 801. The smallest absolute Gasteiger partial charge is 0.255 e. The first kappa shape index (κ1) is 16.2. The predicted molar refractivity (Wildman–Crippen MR) is 92.1 cm³/mol. The first-order valence-electron chi connectivity index (χ1n) is 7.64. The van der Waals surface area contributed by atoms with Crippen LogP contribution in [0.1, 0.15) is 34.9 Å². The summed E-state index contributed by atoms with van der Waals surface area (Å²) in [6.45, 7) is 0.486. The monoisotopic (exact) mass is 341 g/mol. The van der Waals surface area contributed by atoms with Crippen molar-refractivity contribution in [2.75, 3.05) is 11.9 Å². The SMILES string of the molecule is N#CCCCOc1cccc([C@H]2NC(=O)c3ccc(Cl)cc3N2)c1. The molecule has 122 valence electrons. The third-order valence-corrected chi connectivity index (χ3v) is 3.93. The molecule has 3 rings (SSSR count). The van der Waals surface area contributed by atoms with Gasteiger partial charge in [-0.1, -0.05) is 23.7 Å². The number of carbonyl (C=O) groups is 1. The minimum atomic E-state index is -0.355. The highest BCUT2D eigenvalue weighted by Crippen LogP contribution is 2.30. The Labute approximate surface area is 145 Å². The number of nitrogens with one attached hydrogen (secondary N) is 2. The van der Waals surface area contributed by atoms with Gasteiger partial charge in [0.1, 0.15) is 11.9 Å². The van der Waals surface area contributed by atoms with Gasteiger partial charge in [0.25, 0.3) is 5.91 Å². The second-order valence-corrected chi connectivity index (χ2v) is 5.86. The van der Waals surface area contributed by atoms with Crippen molar-refractivity contribution in [3.63, 3.8) is 0 Å². The number of anilines is 1.